The molecule has 110 valence electrons. The number of hydrogen-bond acceptors (Lipinski definition) is 0. The Labute approximate surface area is 132 Å². The van der Waals surface area contributed by atoms with E-state index in [4.69, 9.17) is 0 Å². The molecule has 3 aromatic rings. The Morgan fingerprint density at radius 2 is 1.36 bits per heavy atom. The largest absolute Gasteiger partial charge is 0.212 e. The van der Waals surface area contributed by atoms with Crippen molar-refractivity contribution in [1.29, 1.82) is 0 Å². The molecule has 0 saturated carbocycles. The summed E-state index contributed by atoms with van der Waals surface area (Å²) >= 11 is 0. The van der Waals surface area contributed by atoms with Crippen molar-refractivity contribution in [2.45, 2.75) is 20.8 Å². The maximum Gasteiger partial charge on any atom is 0.212 e. The Hall–Kier alpha value is -2.41. The summed E-state index contributed by atoms with van der Waals surface area (Å²) in [5.41, 5.74) is 8.96. The standard InChI is InChI=1S/C21H22N/c1-15-5-8-18(9-6-15)19-10-7-17(3)20(14-19)21-13-16(2)11-12-22(21)4/h5-14H,1-4H3/q+1. The number of nitrogens with zero attached hydrogens (tertiary/aromatic N) is 1. The predicted molar refractivity (Wildman–Crippen MR) is 92.7 cm³/mol. The van der Waals surface area contributed by atoms with E-state index in [1.807, 2.05) is 0 Å². The molecule has 0 spiro atoms. The molecule has 1 nitrogen and oxygen atoms in total. The second kappa shape index (κ2) is 5.76. The van der Waals surface area contributed by atoms with Crippen molar-refractivity contribution in [2.24, 2.45) is 7.05 Å². The van der Waals surface area contributed by atoms with E-state index >= 15 is 0 Å². The van der Waals surface area contributed by atoms with Crippen LogP contribution in [0.15, 0.2) is 60.8 Å². The SMILES string of the molecule is Cc1ccc(-c2ccc(C)c(-c3cc(C)cc[n+]3C)c2)cc1. The van der Waals surface area contributed by atoms with Crippen molar-refractivity contribution in [1.82, 2.24) is 0 Å². The van der Waals surface area contributed by atoms with Crippen LogP contribution < -0.4 is 4.57 Å². The zero-order chi connectivity index (χ0) is 15.7. The van der Waals surface area contributed by atoms with Crippen LogP contribution in [-0.4, -0.2) is 0 Å². The lowest BCUT2D eigenvalue weighted by Gasteiger charge is -2.09. The van der Waals surface area contributed by atoms with E-state index in [9.17, 15) is 0 Å². The molecule has 0 fully saturated rings. The molecular formula is C21H22N+. The van der Waals surface area contributed by atoms with Gasteiger partial charge in [-0.25, -0.2) is 4.57 Å². The highest BCUT2D eigenvalue weighted by Crippen LogP contribution is 2.28. The summed E-state index contributed by atoms with van der Waals surface area (Å²) in [4.78, 5) is 0. The molecule has 0 N–H and O–H groups in total. The average Bonchev–Trinajstić information content (AvgIpc) is 2.51. The van der Waals surface area contributed by atoms with Crippen LogP contribution in [0.25, 0.3) is 22.4 Å². The van der Waals surface area contributed by atoms with Crippen LogP contribution in [0, 0.1) is 20.8 Å². The van der Waals surface area contributed by atoms with Crippen LogP contribution >= 0.6 is 0 Å². The minimum Gasteiger partial charge on any atom is -0.201 e. The molecule has 1 heteroatoms. The molecule has 0 amide bonds. The van der Waals surface area contributed by atoms with Gasteiger partial charge in [0, 0.05) is 17.7 Å². The van der Waals surface area contributed by atoms with Gasteiger partial charge in [0.15, 0.2) is 6.20 Å². The maximum atomic E-state index is 2.30. The lowest BCUT2D eigenvalue weighted by atomic mass is 9.96. The van der Waals surface area contributed by atoms with Crippen LogP contribution in [0.1, 0.15) is 16.7 Å². The maximum absolute atomic E-state index is 2.30. The third kappa shape index (κ3) is 2.80. The molecule has 0 saturated heterocycles. The Kier molecular flexibility index (Phi) is 3.81. The molecule has 1 heterocycles. The molecule has 0 atom stereocenters. The predicted octanol–water partition coefficient (Wildman–Crippen LogP) is 4.77. The van der Waals surface area contributed by atoms with Crippen LogP contribution in [0.4, 0.5) is 0 Å². The molecule has 1 aromatic heterocycles. The Morgan fingerprint density at radius 3 is 2.09 bits per heavy atom. The van der Waals surface area contributed by atoms with Gasteiger partial charge < -0.3 is 0 Å². The molecule has 0 radical (unpaired) electrons. The quantitative estimate of drug-likeness (QED) is 0.598. The van der Waals surface area contributed by atoms with Gasteiger partial charge in [0.25, 0.3) is 0 Å². The molecule has 0 unspecified atom stereocenters. The van der Waals surface area contributed by atoms with E-state index in [1.54, 1.807) is 0 Å². The van der Waals surface area contributed by atoms with Gasteiger partial charge in [0.2, 0.25) is 5.69 Å². The van der Waals surface area contributed by atoms with E-state index in [0.717, 1.165) is 0 Å². The normalized spacial score (nSPS) is 10.7. The van der Waals surface area contributed by atoms with Crippen LogP contribution in [0.3, 0.4) is 0 Å². The fourth-order valence-corrected chi connectivity index (χ4v) is 2.77. The Morgan fingerprint density at radius 1 is 0.682 bits per heavy atom. The summed E-state index contributed by atoms with van der Waals surface area (Å²) in [7, 11) is 2.10. The highest BCUT2D eigenvalue weighted by molar-refractivity contribution is 5.73. The molecule has 22 heavy (non-hydrogen) atoms. The van der Waals surface area contributed by atoms with Crippen LogP contribution in [-0.2, 0) is 7.05 Å². The second-order valence-electron chi connectivity index (χ2n) is 6.10. The first-order chi connectivity index (χ1) is 10.5. The van der Waals surface area contributed by atoms with Crippen molar-refractivity contribution >= 4 is 0 Å². The van der Waals surface area contributed by atoms with E-state index in [-0.39, 0.29) is 0 Å². The van der Waals surface area contributed by atoms with Gasteiger partial charge in [-0.2, -0.15) is 0 Å². The molecule has 0 aliphatic rings. The van der Waals surface area contributed by atoms with Crippen LogP contribution in [0.2, 0.25) is 0 Å². The van der Waals surface area contributed by atoms with E-state index < -0.39 is 0 Å². The van der Waals surface area contributed by atoms with Gasteiger partial charge in [0.1, 0.15) is 7.05 Å². The lowest BCUT2D eigenvalue weighted by Crippen LogP contribution is -2.30. The second-order valence-corrected chi connectivity index (χ2v) is 6.10. The molecule has 0 bridgehead atoms. The van der Waals surface area contributed by atoms with Gasteiger partial charge in [-0.1, -0.05) is 42.0 Å². The minimum atomic E-state index is 1.26. The Balaban J connectivity index is 2.14. The van der Waals surface area contributed by atoms with Gasteiger partial charge in [-0.05, 0) is 49.1 Å². The molecule has 2 aromatic carbocycles. The van der Waals surface area contributed by atoms with Gasteiger partial charge in [-0.3, -0.25) is 0 Å². The number of aryl methyl sites for hydroxylation is 4. The first-order valence-corrected chi connectivity index (χ1v) is 7.69. The number of rotatable bonds is 2. The number of pyridine rings is 1. The number of benzene rings is 2. The molecule has 0 aliphatic carbocycles. The fourth-order valence-electron chi connectivity index (χ4n) is 2.77. The van der Waals surface area contributed by atoms with E-state index in [1.165, 1.54) is 39.1 Å². The molecule has 0 aliphatic heterocycles. The highest BCUT2D eigenvalue weighted by Gasteiger charge is 2.13. The summed E-state index contributed by atoms with van der Waals surface area (Å²) in [6, 6.07) is 19.8. The third-order valence-corrected chi connectivity index (χ3v) is 4.20. The topological polar surface area (TPSA) is 3.88 Å². The van der Waals surface area contributed by atoms with Crippen molar-refractivity contribution in [3.05, 3.63) is 77.5 Å². The Bertz CT molecular complexity index is 814. The molecule has 3 rings (SSSR count). The first kappa shape index (κ1) is 14.5. The van der Waals surface area contributed by atoms with E-state index in [2.05, 4.69) is 93.2 Å². The van der Waals surface area contributed by atoms with Gasteiger partial charge in [0.05, 0.1) is 0 Å². The zero-order valence-electron chi connectivity index (χ0n) is 13.7. The highest BCUT2D eigenvalue weighted by atomic mass is 14.9. The number of aromatic nitrogens is 1. The van der Waals surface area contributed by atoms with Crippen molar-refractivity contribution < 1.29 is 4.57 Å². The summed E-state index contributed by atoms with van der Waals surface area (Å²) in [5.74, 6) is 0. The first-order valence-electron chi connectivity index (χ1n) is 7.69. The third-order valence-electron chi connectivity index (χ3n) is 4.20. The smallest absolute Gasteiger partial charge is 0.201 e. The summed E-state index contributed by atoms with van der Waals surface area (Å²) in [5, 5.41) is 0. The van der Waals surface area contributed by atoms with E-state index in [0.29, 0.717) is 0 Å². The van der Waals surface area contributed by atoms with Gasteiger partial charge in [-0.15, -0.1) is 0 Å². The van der Waals surface area contributed by atoms with Crippen molar-refractivity contribution in [3.63, 3.8) is 0 Å². The minimum absolute atomic E-state index is 1.26. The average molecular weight is 288 g/mol. The van der Waals surface area contributed by atoms with Crippen molar-refractivity contribution in [2.75, 3.05) is 0 Å². The van der Waals surface area contributed by atoms with Crippen molar-refractivity contribution in [3.8, 4) is 22.4 Å². The summed E-state index contributed by atoms with van der Waals surface area (Å²) in [6.07, 6.45) is 2.13. The zero-order valence-corrected chi connectivity index (χ0v) is 13.7. The lowest BCUT2D eigenvalue weighted by molar-refractivity contribution is -0.660. The van der Waals surface area contributed by atoms with Gasteiger partial charge >= 0.3 is 0 Å². The fraction of sp³-hybridized carbons (Fsp3) is 0.190. The van der Waals surface area contributed by atoms with Crippen LogP contribution in [0.5, 0.6) is 0 Å². The number of hydrogen-bond donors (Lipinski definition) is 0. The molecular weight excluding hydrogens is 266 g/mol. The summed E-state index contributed by atoms with van der Waals surface area (Å²) in [6.45, 7) is 6.44. The summed E-state index contributed by atoms with van der Waals surface area (Å²) < 4.78 is 2.19. The monoisotopic (exact) mass is 288 g/mol.